The Morgan fingerprint density at radius 1 is 0.914 bits per heavy atom. The van der Waals surface area contributed by atoms with E-state index in [-0.39, 0.29) is 18.8 Å². The second-order valence-electron chi connectivity index (χ2n) is 14.2. The van der Waals surface area contributed by atoms with Gasteiger partial charge in [0, 0.05) is 47.2 Å². The highest BCUT2D eigenvalue weighted by Crippen LogP contribution is 2.27. The summed E-state index contributed by atoms with van der Waals surface area (Å²) in [6.45, 7) is 5.60. The molecule has 1 aromatic rings. The number of ketones is 1. The van der Waals surface area contributed by atoms with Gasteiger partial charge in [0.1, 0.15) is 24.2 Å². The van der Waals surface area contributed by atoms with Crippen LogP contribution in [0.1, 0.15) is 117 Å². The average molecular weight is 815 g/mol. The number of carboxylic acids is 1. The first-order valence-corrected chi connectivity index (χ1v) is 19.8. The molecular weight excluding hydrogens is 752 g/mol. The Morgan fingerprint density at radius 2 is 1.53 bits per heavy atom. The van der Waals surface area contributed by atoms with Crippen LogP contribution in [-0.2, 0) is 54.2 Å². The molecule has 0 aliphatic heterocycles. The SMILES string of the molecule is CC#CCOc1ccc(C[C@H](NC(=O)[C@@H](C=CCCCCCCC(=O)CCCCCCC)[C@@](O)(CC(=O)OC(C)OC(C)=O)C(=O)O)C(=O)OCC(=O)N(C)C)cc1. The van der Waals surface area contributed by atoms with Crippen molar-refractivity contribution in [1.29, 1.82) is 0 Å². The van der Waals surface area contributed by atoms with E-state index in [1.807, 2.05) is 0 Å². The number of hydrogen-bond acceptors (Lipinski definition) is 12. The first-order chi connectivity index (χ1) is 27.5. The van der Waals surface area contributed by atoms with E-state index in [0.29, 0.717) is 37.0 Å². The molecule has 0 spiro atoms. The lowest BCUT2D eigenvalue weighted by molar-refractivity contribution is -0.191. The van der Waals surface area contributed by atoms with E-state index in [9.17, 15) is 43.8 Å². The summed E-state index contributed by atoms with van der Waals surface area (Å²) in [5.41, 5.74) is -2.58. The number of Topliss-reactive ketones (excluding diaryl/α,β-unsaturated/α-hetero) is 1. The van der Waals surface area contributed by atoms with Crippen molar-refractivity contribution in [2.45, 2.75) is 136 Å². The number of allylic oxidation sites excluding steroid dienone is 1. The van der Waals surface area contributed by atoms with Crippen LogP contribution in [0.25, 0.3) is 0 Å². The molecule has 0 radical (unpaired) electrons. The molecule has 4 atom stereocenters. The first-order valence-electron chi connectivity index (χ1n) is 19.8. The Hall–Kier alpha value is -5.23. The number of ether oxygens (including phenoxy) is 4. The molecular formula is C43H62N2O13. The van der Waals surface area contributed by atoms with Gasteiger partial charge in [0.05, 0.1) is 12.3 Å². The number of hydrogen-bond donors (Lipinski definition) is 3. The van der Waals surface area contributed by atoms with E-state index < -0.39 is 72.6 Å². The predicted octanol–water partition coefficient (Wildman–Crippen LogP) is 4.85. The number of nitrogens with one attached hydrogen (secondary N) is 1. The number of nitrogens with zero attached hydrogens (tertiary/aromatic N) is 1. The molecule has 0 saturated heterocycles. The molecule has 1 unspecified atom stereocenters. The standard InChI is InChI=1S/C43H62N2O13/c1-7-9-11-14-17-20-34(47)21-18-15-12-13-16-19-22-36(43(54,42(52)53)29-39(49)58-32(4)57-31(3)46)40(50)44-37(41(51)56-30-38(48)45(5)6)28-33-23-25-35(26-24-33)55-27-10-8-2/h19,22-26,32,36-37,54H,7,9,11-18,20-21,27-30H2,1-6H3,(H,44,50)(H,52,53)/t32?,36-,37+,43+/m1/s1. The second kappa shape index (κ2) is 28.2. The van der Waals surface area contributed by atoms with Gasteiger partial charge in [-0.25, -0.2) is 9.59 Å². The van der Waals surface area contributed by atoms with Crippen molar-refractivity contribution in [1.82, 2.24) is 10.2 Å². The van der Waals surface area contributed by atoms with Crippen molar-refractivity contribution in [2.75, 3.05) is 27.3 Å². The number of benzene rings is 1. The lowest BCUT2D eigenvalue weighted by atomic mass is 9.82. The van der Waals surface area contributed by atoms with Gasteiger partial charge in [-0.1, -0.05) is 75.7 Å². The topological polar surface area (TPSA) is 212 Å². The van der Waals surface area contributed by atoms with E-state index in [0.717, 1.165) is 57.9 Å². The molecule has 322 valence electrons. The van der Waals surface area contributed by atoms with Gasteiger partial charge in [-0.05, 0) is 50.3 Å². The van der Waals surface area contributed by atoms with Gasteiger partial charge < -0.3 is 39.4 Å². The van der Waals surface area contributed by atoms with Crippen molar-refractivity contribution in [3.05, 3.63) is 42.0 Å². The van der Waals surface area contributed by atoms with Crippen molar-refractivity contribution >= 4 is 41.5 Å². The van der Waals surface area contributed by atoms with Crippen LogP contribution in [0.2, 0.25) is 0 Å². The fraction of sp³-hybridized carbons (Fsp3) is 0.605. The molecule has 0 heterocycles. The molecule has 0 aliphatic rings. The lowest BCUT2D eigenvalue weighted by Crippen LogP contribution is -2.56. The van der Waals surface area contributed by atoms with Gasteiger partial charge in [0.15, 0.2) is 12.2 Å². The molecule has 1 aromatic carbocycles. The molecule has 0 bridgehead atoms. The summed E-state index contributed by atoms with van der Waals surface area (Å²) in [4.78, 5) is 89.9. The molecule has 0 saturated carbocycles. The third-order valence-corrected chi connectivity index (χ3v) is 8.96. The third kappa shape index (κ3) is 20.8. The molecule has 0 aromatic heterocycles. The van der Waals surface area contributed by atoms with Gasteiger partial charge in [-0.15, -0.1) is 5.92 Å². The summed E-state index contributed by atoms with van der Waals surface area (Å²) in [7, 11) is 2.93. The molecule has 0 aliphatic carbocycles. The maximum Gasteiger partial charge on any atom is 0.337 e. The van der Waals surface area contributed by atoms with Crippen molar-refractivity contribution in [2.24, 2.45) is 5.92 Å². The zero-order chi connectivity index (χ0) is 43.5. The number of carbonyl (C=O) groups excluding carboxylic acids is 6. The summed E-state index contributed by atoms with van der Waals surface area (Å²) in [6, 6.07) is 5.02. The Balaban J connectivity index is 3.28. The number of carboxylic acid groups (broad SMARTS) is 1. The zero-order valence-corrected chi connectivity index (χ0v) is 34.8. The number of rotatable bonds is 29. The molecule has 3 N–H and O–H groups in total. The number of esters is 3. The molecule has 1 rings (SSSR count). The van der Waals surface area contributed by atoms with E-state index >= 15 is 0 Å². The van der Waals surface area contributed by atoms with Crippen LogP contribution in [-0.4, -0.2) is 102 Å². The zero-order valence-electron chi connectivity index (χ0n) is 34.8. The normalized spacial score (nSPS) is 13.4. The van der Waals surface area contributed by atoms with Crippen molar-refractivity contribution in [3.8, 4) is 17.6 Å². The van der Waals surface area contributed by atoms with E-state index in [1.165, 1.54) is 38.4 Å². The number of likely N-dealkylation sites (N-methyl/N-ethyl adjacent to an activating group) is 1. The minimum atomic E-state index is -3.10. The van der Waals surface area contributed by atoms with E-state index in [4.69, 9.17) is 18.9 Å². The minimum Gasteiger partial charge on any atom is -0.481 e. The van der Waals surface area contributed by atoms with Crippen LogP contribution in [0.5, 0.6) is 5.75 Å². The Labute approximate surface area is 342 Å². The fourth-order valence-electron chi connectivity index (χ4n) is 5.67. The Kier molecular flexibility index (Phi) is 24.7. The van der Waals surface area contributed by atoms with Crippen LogP contribution in [0.15, 0.2) is 36.4 Å². The largest absolute Gasteiger partial charge is 0.481 e. The van der Waals surface area contributed by atoms with Gasteiger partial charge in [-0.3, -0.25) is 24.0 Å². The third-order valence-electron chi connectivity index (χ3n) is 8.96. The van der Waals surface area contributed by atoms with Crippen LogP contribution < -0.4 is 10.1 Å². The first kappa shape index (κ1) is 50.8. The number of aliphatic carboxylic acids is 1. The maximum atomic E-state index is 14.0. The van der Waals surface area contributed by atoms with E-state index in [1.54, 1.807) is 31.2 Å². The molecule has 2 amide bonds. The quantitative estimate of drug-likeness (QED) is 0.0325. The number of unbranched alkanes of at least 4 members (excludes halogenated alkanes) is 8. The Bertz CT molecular complexity index is 1580. The lowest BCUT2D eigenvalue weighted by Gasteiger charge is -2.30. The highest BCUT2D eigenvalue weighted by Gasteiger charge is 2.50. The predicted molar refractivity (Wildman–Crippen MR) is 214 cm³/mol. The number of carbonyl (C=O) groups is 7. The molecule has 15 nitrogen and oxygen atoms in total. The van der Waals surface area contributed by atoms with Gasteiger partial charge >= 0.3 is 23.9 Å². The van der Waals surface area contributed by atoms with Crippen molar-refractivity contribution < 1.29 is 62.7 Å². The number of aliphatic hydroxyl groups is 1. The van der Waals surface area contributed by atoms with E-state index in [2.05, 4.69) is 24.1 Å². The minimum absolute atomic E-state index is 0.151. The van der Waals surface area contributed by atoms with Gasteiger partial charge in [0.25, 0.3) is 5.91 Å². The average Bonchev–Trinajstić information content (AvgIpc) is 3.15. The molecule has 15 heteroatoms. The summed E-state index contributed by atoms with van der Waals surface area (Å²) >= 11 is 0. The highest BCUT2D eigenvalue weighted by molar-refractivity contribution is 5.95. The monoisotopic (exact) mass is 814 g/mol. The summed E-state index contributed by atoms with van der Waals surface area (Å²) in [5, 5.41) is 24.3. The summed E-state index contributed by atoms with van der Waals surface area (Å²) in [5.74, 6) is -2.45. The van der Waals surface area contributed by atoms with Crippen LogP contribution in [0, 0.1) is 17.8 Å². The fourth-order valence-corrected chi connectivity index (χ4v) is 5.67. The molecule has 0 fully saturated rings. The van der Waals surface area contributed by atoms with Gasteiger partial charge in [0.2, 0.25) is 12.2 Å². The van der Waals surface area contributed by atoms with Crippen LogP contribution >= 0.6 is 0 Å². The smallest absolute Gasteiger partial charge is 0.337 e. The van der Waals surface area contributed by atoms with Gasteiger partial charge in [-0.2, -0.15) is 0 Å². The maximum absolute atomic E-state index is 14.0. The van der Waals surface area contributed by atoms with Crippen LogP contribution in [0.4, 0.5) is 0 Å². The summed E-state index contributed by atoms with van der Waals surface area (Å²) in [6.07, 6.45) is 9.53. The highest BCUT2D eigenvalue weighted by atomic mass is 16.7. The number of amides is 2. The Morgan fingerprint density at radius 3 is 2.10 bits per heavy atom. The second-order valence-corrected chi connectivity index (χ2v) is 14.2. The van der Waals surface area contributed by atoms with Crippen LogP contribution in [0.3, 0.4) is 0 Å². The summed E-state index contributed by atoms with van der Waals surface area (Å²) < 4.78 is 20.5. The molecule has 58 heavy (non-hydrogen) atoms. The van der Waals surface area contributed by atoms with Crippen molar-refractivity contribution in [3.63, 3.8) is 0 Å².